The normalized spacial score (nSPS) is 16.8. The Kier molecular flexibility index (Phi) is 5.60. The van der Waals surface area contributed by atoms with Crippen molar-refractivity contribution in [3.05, 3.63) is 40.9 Å². The van der Waals surface area contributed by atoms with Gasteiger partial charge in [-0.3, -0.25) is 9.69 Å². The number of nitrogens with one attached hydrogen (secondary N) is 1. The molecule has 1 aromatic carbocycles. The molecule has 1 N–H and O–H groups in total. The maximum Gasteiger partial charge on any atom is 0.251 e. The van der Waals surface area contributed by atoms with E-state index in [1.54, 1.807) is 11.3 Å². The Morgan fingerprint density at radius 3 is 2.67 bits per heavy atom. The third-order valence-electron chi connectivity index (χ3n) is 4.03. The van der Waals surface area contributed by atoms with E-state index in [1.165, 1.54) is 0 Å². The Hall–Kier alpha value is -1.76. The van der Waals surface area contributed by atoms with Gasteiger partial charge in [-0.15, -0.1) is 11.3 Å². The molecule has 0 spiro atoms. The third-order valence-corrected chi connectivity index (χ3v) is 5.04. The average molecular weight is 345 g/mol. The number of aromatic nitrogens is 1. The summed E-state index contributed by atoms with van der Waals surface area (Å²) in [6.45, 7) is 8.30. The molecule has 0 bridgehead atoms. The van der Waals surface area contributed by atoms with Gasteiger partial charge in [0.2, 0.25) is 0 Å². The fourth-order valence-electron chi connectivity index (χ4n) is 2.77. The second kappa shape index (κ2) is 7.88. The molecule has 1 atom stereocenters. The van der Waals surface area contributed by atoms with Crippen LogP contribution in [0.4, 0.5) is 0 Å². The minimum atomic E-state index is -0.0300. The lowest BCUT2D eigenvalue weighted by molar-refractivity contribution is 0.0342. The standard InChI is InChI=1S/C18H23N3O2S/c1-13(11-21-7-9-23-10-8-21)19-17(22)15-3-5-16(6-4-15)18-20-14(2)12-24-18/h3-6,12-13H,7-11H2,1-2H3,(H,19,22)/t13-/m0/s1. The molecule has 1 aliphatic rings. The summed E-state index contributed by atoms with van der Waals surface area (Å²) in [5.74, 6) is -0.0300. The lowest BCUT2D eigenvalue weighted by Gasteiger charge is -2.29. The van der Waals surface area contributed by atoms with Gasteiger partial charge >= 0.3 is 0 Å². The molecule has 0 aliphatic carbocycles. The lowest BCUT2D eigenvalue weighted by Crippen LogP contribution is -2.46. The number of nitrogens with zero attached hydrogens (tertiary/aromatic N) is 2. The summed E-state index contributed by atoms with van der Waals surface area (Å²) in [6.07, 6.45) is 0. The number of ether oxygens (including phenoxy) is 1. The van der Waals surface area contributed by atoms with E-state index in [2.05, 4.69) is 15.2 Å². The number of hydrogen-bond donors (Lipinski definition) is 1. The fourth-order valence-corrected chi connectivity index (χ4v) is 3.58. The number of carbonyl (C=O) groups excluding carboxylic acids is 1. The molecule has 0 saturated carbocycles. The molecule has 2 aromatic rings. The number of morpholine rings is 1. The summed E-state index contributed by atoms with van der Waals surface area (Å²) >= 11 is 1.62. The minimum absolute atomic E-state index is 0.0300. The lowest BCUT2D eigenvalue weighted by atomic mass is 10.1. The number of hydrogen-bond acceptors (Lipinski definition) is 5. The first-order valence-electron chi connectivity index (χ1n) is 8.25. The molecule has 0 radical (unpaired) electrons. The molecule has 6 heteroatoms. The van der Waals surface area contributed by atoms with E-state index in [0.29, 0.717) is 5.56 Å². The Balaban J connectivity index is 1.56. The van der Waals surface area contributed by atoms with Gasteiger partial charge in [0.05, 0.1) is 13.2 Å². The molecule has 1 aromatic heterocycles. The van der Waals surface area contributed by atoms with Crippen LogP contribution in [0.3, 0.4) is 0 Å². The van der Waals surface area contributed by atoms with E-state index < -0.39 is 0 Å². The quantitative estimate of drug-likeness (QED) is 0.905. The summed E-state index contributed by atoms with van der Waals surface area (Å²) in [4.78, 5) is 19.2. The van der Waals surface area contributed by atoms with Crippen LogP contribution in [0.2, 0.25) is 0 Å². The highest BCUT2D eigenvalue weighted by Gasteiger charge is 2.16. The monoisotopic (exact) mass is 345 g/mol. The van der Waals surface area contributed by atoms with Gasteiger partial charge in [-0.05, 0) is 26.0 Å². The Morgan fingerprint density at radius 2 is 2.04 bits per heavy atom. The smallest absolute Gasteiger partial charge is 0.251 e. The van der Waals surface area contributed by atoms with Crippen molar-refractivity contribution in [1.82, 2.24) is 15.2 Å². The van der Waals surface area contributed by atoms with Crippen LogP contribution in [0.1, 0.15) is 23.0 Å². The number of benzene rings is 1. The molecule has 2 heterocycles. The van der Waals surface area contributed by atoms with Gasteiger partial charge in [-0.25, -0.2) is 4.98 Å². The number of rotatable bonds is 5. The number of thiazole rings is 1. The van der Waals surface area contributed by atoms with Crippen molar-refractivity contribution in [3.8, 4) is 10.6 Å². The zero-order chi connectivity index (χ0) is 16.9. The summed E-state index contributed by atoms with van der Waals surface area (Å²) in [5.41, 5.74) is 2.75. The Labute approximate surface area is 146 Å². The molecule has 1 saturated heterocycles. The van der Waals surface area contributed by atoms with Gasteiger partial charge in [0.15, 0.2) is 0 Å². The van der Waals surface area contributed by atoms with E-state index in [9.17, 15) is 4.79 Å². The van der Waals surface area contributed by atoms with E-state index >= 15 is 0 Å². The maximum atomic E-state index is 12.4. The van der Waals surface area contributed by atoms with Gasteiger partial charge in [0, 0.05) is 47.9 Å². The first-order valence-corrected chi connectivity index (χ1v) is 9.13. The fraction of sp³-hybridized carbons (Fsp3) is 0.444. The van der Waals surface area contributed by atoms with Crippen LogP contribution in [0.15, 0.2) is 29.6 Å². The van der Waals surface area contributed by atoms with Crippen molar-refractivity contribution in [1.29, 1.82) is 0 Å². The predicted octanol–water partition coefficient (Wildman–Crippen LogP) is 2.57. The first-order chi connectivity index (χ1) is 11.6. The van der Waals surface area contributed by atoms with Crippen LogP contribution in [0.5, 0.6) is 0 Å². The maximum absolute atomic E-state index is 12.4. The molecule has 1 amide bonds. The van der Waals surface area contributed by atoms with E-state index in [-0.39, 0.29) is 11.9 Å². The topological polar surface area (TPSA) is 54.5 Å². The summed E-state index contributed by atoms with van der Waals surface area (Å²) in [7, 11) is 0. The highest BCUT2D eigenvalue weighted by atomic mass is 32.1. The van der Waals surface area contributed by atoms with Crippen molar-refractivity contribution in [2.75, 3.05) is 32.8 Å². The van der Waals surface area contributed by atoms with Crippen molar-refractivity contribution in [2.45, 2.75) is 19.9 Å². The van der Waals surface area contributed by atoms with E-state index in [1.807, 2.05) is 43.5 Å². The SMILES string of the molecule is Cc1csc(-c2ccc(C(=O)N[C@@H](C)CN3CCOCC3)cc2)n1. The molecule has 1 aliphatic heterocycles. The van der Waals surface area contributed by atoms with E-state index in [0.717, 1.165) is 49.1 Å². The van der Waals surface area contributed by atoms with Gasteiger partial charge in [-0.2, -0.15) is 0 Å². The second-order valence-corrected chi connectivity index (χ2v) is 7.02. The Bertz CT molecular complexity index is 678. The van der Waals surface area contributed by atoms with Gasteiger partial charge in [0.25, 0.3) is 5.91 Å². The second-order valence-electron chi connectivity index (χ2n) is 6.16. The predicted molar refractivity (Wildman–Crippen MR) is 96.5 cm³/mol. The van der Waals surface area contributed by atoms with Gasteiger partial charge in [0.1, 0.15) is 5.01 Å². The summed E-state index contributed by atoms with van der Waals surface area (Å²) in [5, 5.41) is 6.09. The zero-order valence-corrected chi connectivity index (χ0v) is 14.9. The molecule has 128 valence electrons. The van der Waals surface area contributed by atoms with E-state index in [4.69, 9.17) is 4.74 Å². The van der Waals surface area contributed by atoms with Crippen molar-refractivity contribution < 1.29 is 9.53 Å². The van der Waals surface area contributed by atoms with Crippen LogP contribution in [0.25, 0.3) is 10.6 Å². The van der Waals surface area contributed by atoms with Gasteiger partial charge in [-0.1, -0.05) is 12.1 Å². The molecule has 24 heavy (non-hydrogen) atoms. The summed E-state index contributed by atoms with van der Waals surface area (Å²) < 4.78 is 5.35. The van der Waals surface area contributed by atoms with Crippen LogP contribution < -0.4 is 5.32 Å². The molecular formula is C18H23N3O2S. The highest BCUT2D eigenvalue weighted by molar-refractivity contribution is 7.13. The Morgan fingerprint density at radius 1 is 1.33 bits per heavy atom. The number of carbonyl (C=O) groups is 1. The average Bonchev–Trinajstić information content (AvgIpc) is 3.02. The molecular weight excluding hydrogens is 322 g/mol. The van der Waals surface area contributed by atoms with Crippen LogP contribution in [0, 0.1) is 6.92 Å². The molecule has 3 rings (SSSR count). The highest BCUT2D eigenvalue weighted by Crippen LogP contribution is 2.23. The number of aryl methyl sites for hydroxylation is 1. The minimum Gasteiger partial charge on any atom is -0.379 e. The van der Waals surface area contributed by atoms with Crippen LogP contribution in [-0.4, -0.2) is 54.7 Å². The summed E-state index contributed by atoms with van der Waals surface area (Å²) in [6, 6.07) is 7.75. The van der Waals surface area contributed by atoms with Gasteiger partial charge < -0.3 is 10.1 Å². The molecule has 0 unspecified atom stereocenters. The largest absolute Gasteiger partial charge is 0.379 e. The third kappa shape index (κ3) is 4.41. The molecule has 5 nitrogen and oxygen atoms in total. The van der Waals surface area contributed by atoms with Crippen molar-refractivity contribution in [3.63, 3.8) is 0 Å². The van der Waals surface area contributed by atoms with Crippen LogP contribution >= 0.6 is 11.3 Å². The van der Waals surface area contributed by atoms with Crippen LogP contribution in [-0.2, 0) is 4.74 Å². The molecule has 1 fully saturated rings. The zero-order valence-electron chi connectivity index (χ0n) is 14.1. The van der Waals surface area contributed by atoms with Crippen molar-refractivity contribution in [2.24, 2.45) is 0 Å². The first kappa shape index (κ1) is 17.1. The number of amides is 1. The van der Waals surface area contributed by atoms with Crippen molar-refractivity contribution >= 4 is 17.2 Å².